The Bertz CT molecular complexity index is 980. The Hall–Kier alpha value is -3.35. The molecule has 1 unspecified atom stereocenters. The Kier molecular flexibility index (Phi) is 4.50. The van der Waals surface area contributed by atoms with Crippen LogP contribution in [0.25, 0.3) is 11.0 Å². The summed E-state index contributed by atoms with van der Waals surface area (Å²) in [6.07, 6.45) is 2.53. The van der Waals surface area contributed by atoms with E-state index in [1.807, 2.05) is 24.3 Å². The maximum absolute atomic E-state index is 12.5. The number of nitrogens with zero attached hydrogens (tertiary/aromatic N) is 2. The van der Waals surface area contributed by atoms with Crippen molar-refractivity contribution in [1.29, 1.82) is 0 Å². The minimum atomic E-state index is -0.352. The van der Waals surface area contributed by atoms with Gasteiger partial charge in [0.25, 0.3) is 0 Å². The summed E-state index contributed by atoms with van der Waals surface area (Å²) >= 11 is 0. The van der Waals surface area contributed by atoms with Crippen LogP contribution in [0.3, 0.4) is 0 Å². The first-order chi connectivity index (χ1) is 13.1. The van der Waals surface area contributed by atoms with Gasteiger partial charge in [0, 0.05) is 25.2 Å². The topological polar surface area (TPSA) is 98.3 Å². The van der Waals surface area contributed by atoms with Gasteiger partial charge in [0.2, 0.25) is 11.8 Å². The minimum absolute atomic E-state index is 0.00190. The molecule has 0 bridgehead atoms. The Morgan fingerprint density at radius 3 is 2.89 bits per heavy atom. The second-order valence-electron chi connectivity index (χ2n) is 6.78. The third-order valence-electron chi connectivity index (χ3n) is 4.88. The van der Waals surface area contributed by atoms with Crippen molar-refractivity contribution in [3.05, 3.63) is 54.4 Å². The van der Waals surface area contributed by atoms with E-state index in [0.717, 1.165) is 16.6 Å². The number of aromatic hydroxyl groups is 1. The maximum Gasteiger partial charge on any atom is 0.229 e. The number of carbonyl (C=O) groups excluding carboxylic acids is 2. The molecule has 2 heterocycles. The van der Waals surface area contributed by atoms with Crippen molar-refractivity contribution in [2.24, 2.45) is 5.92 Å². The summed E-state index contributed by atoms with van der Waals surface area (Å²) in [4.78, 5) is 33.7. The molecule has 1 saturated heterocycles. The lowest BCUT2D eigenvalue weighted by Crippen LogP contribution is -2.30. The highest BCUT2D eigenvalue weighted by atomic mass is 16.3. The van der Waals surface area contributed by atoms with Crippen LogP contribution in [0, 0.1) is 5.92 Å². The Morgan fingerprint density at radius 2 is 2.07 bits per heavy atom. The Morgan fingerprint density at radius 1 is 1.26 bits per heavy atom. The predicted molar refractivity (Wildman–Crippen MR) is 101 cm³/mol. The van der Waals surface area contributed by atoms with Gasteiger partial charge in [-0.2, -0.15) is 0 Å². The van der Waals surface area contributed by atoms with Gasteiger partial charge in [-0.1, -0.05) is 12.1 Å². The van der Waals surface area contributed by atoms with Crippen LogP contribution in [0.4, 0.5) is 5.69 Å². The number of benzene rings is 2. The fourth-order valence-electron chi connectivity index (χ4n) is 3.35. The van der Waals surface area contributed by atoms with E-state index >= 15 is 0 Å². The van der Waals surface area contributed by atoms with Gasteiger partial charge in [-0.25, -0.2) is 4.98 Å². The summed E-state index contributed by atoms with van der Waals surface area (Å²) < 4.78 is 0. The lowest BCUT2D eigenvalue weighted by Gasteiger charge is -2.16. The van der Waals surface area contributed by atoms with Gasteiger partial charge in [0.15, 0.2) is 0 Å². The molecule has 7 nitrogen and oxygen atoms in total. The standard InChI is InChI=1S/C20H20N4O3/c25-16-4-1-13(2-5-16)7-8-24-11-14(9-19(24)26)20(27)23-15-3-6-17-18(10-15)22-12-21-17/h1-6,10,12,14,25H,7-9,11H2,(H,21,22)(H,23,27). The maximum atomic E-state index is 12.5. The average Bonchev–Trinajstić information content (AvgIpc) is 3.27. The molecular formula is C20H20N4O3. The third kappa shape index (κ3) is 3.76. The van der Waals surface area contributed by atoms with Crippen molar-refractivity contribution in [3.8, 4) is 5.75 Å². The number of aromatic nitrogens is 2. The van der Waals surface area contributed by atoms with E-state index in [1.165, 1.54) is 0 Å². The third-order valence-corrected chi connectivity index (χ3v) is 4.88. The molecule has 1 atom stereocenters. The quantitative estimate of drug-likeness (QED) is 0.647. The molecule has 1 fully saturated rings. The van der Waals surface area contributed by atoms with Gasteiger partial charge in [0.05, 0.1) is 23.3 Å². The zero-order chi connectivity index (χ0) is 18.8. The second-order valence-corrected chi connectivity index (χ2v) is 6.78. The molecule has 1 aliphatic heterocycles. The second kappa shape index (κ2) is 7.11. The summed E-state index contributed by atoms with van der Waals surface area (Å²) in [6.45, 7) is 0.989. The van der Waals surface area contributed by atoms with Gasteiger partial charge in [0.1, 0.15) is 5.75 Å². The van der Waals surface area contributed by atoms with Crippen LogP contribution in [0.15, 0.2) is 48.8 Å². The number of likely N-dealkylation sites (tertiary alicyclic amines) is 1. The van der Waals surface area contributed by atoms with Gasteiger partial charge in [-0.3, -0.25) is 9.59 Å². The molecular weight excluding hydrogens is 344 g/mol. The molecule has 0 saturated carbocycles. The van der Waals surface area contributed by atoms with Crippen molar-refractivity contribution < 1.29 is 14.7 Å². The molecule has 0 aliphatic carbocycles. The minimum Gasteiger partial charge on any atom is -0.508 e. The highest BCUT2D eigenvalue weighted by molar-refractivity contribution is 5.98. The van der Waals surface area contributed by atoms with Crippen molar-refractivity contribution in [2.45, 2.75) is 12.8 Å². The largest absolute Gasteiger partial charge is 0.508 e. The predicted octanol–water partition coefficient (Wildman–Crippen LogP) is 2.30. The number of aromatic amines is 1. The van der Waals surface area contributed by atoms with Crippen LogP contribution >= 0.6 is 0 Å². The van der Waals surface area contributed by atoms with Crippen molar-refractivity contribution in [3.63, 3.8) is 0 Å². The van der Waals surface area contributed by atoms with Crippen LogP contribution in [0.2, 0.25) is 0 Å². The van der Waals surface area contributed by atoms with Crippen molar-refractivity contribution in [1.82, 2.24) is 14.9 Å². The molecule has 138 valence electrons. The SMILES string of the molecule is O=C(Nc1ccc2nc[nH]c2c1)C1CC(=O)N(CCc2ccc(O)cc2)C1. The summed E-state index contributed by atoms with van der Waals surface area (Å²) in [5, 5.41) is 12.2. The van der Waals surface area contributed by atoms with E-state index in [2.05, 4.69) is 15.3 Å². The van der Waals surface area contributed by atoms with Gasteiger partial charge in [-0.15, -0.1) is 0 Å². The number of amides is 2. The number of H-pyrrole nitrogens is 1. The highest BCUT2D eigenvalue weighted by Gasteiger charge is 2.34. The first kappa shape index (κ1) is 17.1. The van der Waals surface area contributed by atoms with E-state index < -0.39 is 0 Å². The molecule has 4 rings (SSSR count). The van der Waals surface area contributed by atoms with E-state index in [-0.39, 0.29) is 29.9 Å². The molecule has 27 heavy (non-hydrogen) atoms. The number of hydrogen-bond donors (Lipinski definition) is 3. The molecule has 7 heteroatoms. The molecule has 2 amide bonds. The van der Waals surface area contributed by atoms with E-state index in [1.54, 1.807) is 29.4 Å². The monoisotopic (exact) mass is 364 g/mol. The van der Waals surface area contributed by atoms with Crippen LogP contribution in [0.1, 0.15) is 12.0 Å². The Labute approximate surface area is 156 Å². The number of rotatable bonds is 5. The highest BCUT2D eigenvalue weighted by Crippen LogP contribution is 2.22. The smallest absolute Gasteiger partial charge is 0.229 e. The van der Waals surface area contributed by atoms with Crippen LogP contribution in [-0.4, -0.2) is 44.9 Å². The van der Waals surface area contributed by atoms with Crippen LogP contribution < -0.4 is 5.32 Å². The molecule has 3 aromatic rings. The first-order valence-corrected chi connectivity index (χ1v) is 8.88. The van der Waals surface area contributed by atoms with Gasteiger partial charge >= 0.3 is 0 Å². The number of anilines is 1. The van der Waals surface area contributed by atoms with Crippen molar-refractivity contribution >= 4 is 28.5 Å². The average molecular weight is 364 g/mol. The molecule has 0 spiro atoms. The first-order valence-electron chi connectivity index (χ1n) is 8.88. The van der Waals surface area contributed by atoms with Gasteiger partial charge < -0.3 is 20.3 Å². The summed E-state index contributed by atoms with van der Waals surface area (Å²) in [5.74, 6) is -0.275. The summed E-state index contributed by atoms with van der Waals surface area (Å²) in [5.41, 5.74) is 3.42. The number of nitrogens with one attached hydrogen (secondary N) is 2. The number of hydrogen-bond acceptors (Lipinski definition) is 4. The summed E-state index contributed by atoms with van der Waals surface area (Å²) in [7, 11) is 0. The number of imidazole rings is 1. The van der Waals surface area contributed by atoms with Gasteiger partial charge in [-0.05, 0) is 42.3 Å². The van der Waals surface area contributed by atoms with Crippen LogP contribution in [0.5, 0.6) is 5.75 Å². The lowest BCUT2D eigenvalue weighted by molar-refractivity contribution is -0.128. The van der Waals surface area contributed by atoms with Crippen LogP contribution in [-0.2, 0) is 16.0 Å². The van der Waals surface area contributed by atoms with E-state index in [0.29, 0.717) is 25.2 Å². The number of fused-ring (bicyclic) bond motifs is 1. The van der Waals surface area contributed by atoms with Crippen molar-refractivity contribution in [2.75, 3.05) is 18.4 Å². The zero-order valence-corrected chi connectivity index (χ0v) is 14.7. The molecule has 0 radical (unpaired) electrons. The fraction of sp³-hybridized carbons (Fsp3) is 0.250. The van der Waals surface area contributed by atoms with E-state index in [4.69, 9.17) is 0 Å². The fourth-order valence-corrected chi connectivity index (χ4v) is 3.35. The molecule has 1 aromatic heterocycles. The molecule has 2 aromatic carbocycles. The number of phenolic OH excluding ortho intramolecular Hbond substituents is 1. The van der Waals surface area contributed by atoms with E-state index in [9.17, 15) is 14.7 Å². The zero-order valence-electron chi connectivity index (χ0n) is 14.7. The summed E-state index contributed by atoms with van der Waals surface area (Å²) in [6, 6.07) is 12.4. The number of phenols is 1. The number of carbonyl (C=O) groups is 2. The normalized spacial score (nSPS) is 16.8. The Balaban J connectivity index is 1.34. The molecule has 3 N–H and O–H groups in total. The lowest BCUT2D eigenvalue weighted by atomic mass is 10.1. The molecule has 1 aliphatic rings.